The molecule has 0 aliphatic rings. The van der Waals surface area contributed by atoms with E-state index in [0.717, 1.165) is 0 Å². The zero-order valence-electron chi connectivity index (χ0n) is 12.1. The van der Waals surface area contributed by atoms with E-state index in [4.69, 9.17) is 20.0 Å². The minimum Gasteiger partial charge on any atom is -0.497 e. The first kappa shape index (κ1) is 16.3. The first-order valence-corrected chi connectivity index (χ1v) is 6.43. The van der Waals surface area contributed by atoms with Crippen LogP contribution in [-0.2, 0) is 4.79 Å². The fourth-order valence-corrected chi connectivity index (χ4v) is 1.63. The molecule has 110 valence electrons. The Morgan fingerprint density at radius 2 is 2.00 bits per heavy atom. The van der Waals surface area contributed by atoms with Gasteiger partial charge in [-0.3, -0.25) is 4.79 Å². The van der Waals surface area contributed by atoms with Gasteiger partial charge in [0.05, 0.1) is 44.3 Å². The van der Waals surface area contributed by atoms with Crippen LogP contribution in [0.25, 0.3) is 0 Å². The minimum atomic E-state index is -0.0892. The van der Waals surface area contributed by atoms with Crippen molar-refractivity contribution in [2.75, 3.05) is 27.3 Å². The molecule has 0 aliphatic heterocycles. The van der Waals surface area contributed by atoms with E-state index in [-0.39, 0.29) is 18.9 Å². The molecule has 0 bridgehead atoms. The number of carbonyl (C=O) groups is 1. The highest BCUT2D eigenvalue weighted by atomic mass is 16.5. The van der Waals surface area contributed by atoms with Gasteiger partial charge in [-0.2, -0.15) is 10.5 Å². The average Bonchev–Trinajstić information content (AvgIpc) is 2.51. The van der Waals surface area contributed by atoms with Crippen LogP contribution in [0.4, 0.5) is 0 Å². The zero-order chi connectivity index (χ0) is 15.7. The highest BCUT2D eigenvalue weighted by Gasteiger charge is 2.09. The Kier molecular flexibility index (Phi) is 6.56. The molecule has 0 aliphatic carbocycles. The average molecular weight is 287 g/mol. The Bertz CT molecular complexity index is 573. The summed E-state index contributed by atoms with van der Waals surface area (Å²) in [6, 6.07) is 8.86. The Labute approximate surface area is 124 Å². The Balaban J connectivity index is 2.51. The fourth-order valence-electron chi connectivity index (χ4n) is 1.63. The van der Waals surface area contributed by atoms with Crippen LogP contribution in [0.1, 0.15) is 18.4 Å². The molecule has 21 heavy (non-hydrogen) atoms. The normalized spacial score (nSPS) is 9.33. The Hall–Kier alpha value is -2.73. The van der Waals surface area contributed by atoms with Crippen molar-refractivity contribution in [3.05, 3.63) is 23.8 Å². The number of benzene rings is 1. The molecular formula is C15H17N3O3. The molecule has 1 aromatic carbocycles. The number of nitriles is 2. The first-order chi connectivity index (χ1) is 10.1. The van der Waals surface area contributed by atoms with Gasteiger partial charge in [0.25, 0.3) is 0 Å². The highest BCUT2D eigenvalue weighted by Crippen LogP contribution is 2.22. The topological polar surface area (TPSA) is 86.3 Å². The second-order valence-corrected chi connectivity index (χ2v) is 4.33. The summed E-state index contributed by atoms with van der Waals surface area (Å²) in [4.78, 5) is 13.2. The van der Waals surface area contributed by atoms with Crippen molar-refractivity contribution in [3.63, 3.8) is 0 Å². The van der Waals surface area contributed by atoms with Crippen molar-refractivity contribution in [2.45, 2.75) is 12.8 Å². The van der Waals surface area contributed by atoms with Gasteiger partial charge in [-0.1, -0.05) is 0 Å². The van der Waals surface area contributed by atoms with E-state index >= 15 is 0 Å². The summed E-state index contributed by atoms with van der Waals surface area (Å²) >= 11 is 0. The molecule has 0 unspecified atom stereocenters. The molecule has 0 fully saturated rings. The van der Waals surface area contributed by atoms with Crippen LogP contribution in [0.2, 0.25) is 0 Å². The Morgan fingerprint density at radius 1 is 1.29 bits per heavy atom. The van der Waals surface area contributed by atoms with Crippen LogP contribution in [0, 0.1) is 22.7 Å². The zero-order valence-corrected chi connectivity index (χ0v) is 12.1. The number of ether oxygens (including phenoxy) is 2. The predicted molar refractivity (Wildman–Crippen MR) is 75.7 cm³/mol. The third-order valence-electron chi connectivity index (χ3n) is 2.81. The van der Waals surface area contributed by atoms with Gasteiger partial charge >= 0.3 is 0 Å². The summed E-state index contributed by atoms with van der Waals surface area (Å²) in [7, 11) is 3.16. The van der Waals surface area contributed by atoms with Gasteiger partial charge in [0.15, 0.2) is 0 Å². The monoisotopic (exact) mass is 287 g/mol. The molecule has 0 N–H and O–H groups in total. The molecule has 0 aromatic heterocycles. The van der Waals surface area contributed by atoms with Gasteiger partial charge in [-0.15, -0.1) is 0 Å². The van der Waals surface area contributed by atoms with Crippen molar-refractivity contribution in [1.29, 1.82) is 10.5 Å². The predicted octanol–water partition coefficient (Wildman–Crippen LogP) is 1.71. The lowest BCUT2D eigenvalue weighted by atomic mass is 10.2. The van der Waals surface area contributed by atoms with Gasteiger partial charge in [0.2, 0.25) is 5.91 Å². The van der Waals surface area contributed by atoms with E-state index in [2.05, 4.69) is 0 Å². The van der Waals surface area contributed by atoms with Gasteiger partial charge < -0.3 is 14.4 Å². The van der Waals surface area contributed by atoms with Crippen LogP contribution < -0.4 is 9.47 Å². The molecular weight excluding hydrogens is 270 g/mol. The summed E-state index contributed by atoms with van der Waals surface area (Å²) in [6.45, 7) is 0.612. The highest BCUT2D eigenvalue weighted by molar-refractivity contribution is 5.76. The molecule has 1 aromatic rings. The maximum atomic E-state index is 11.7. The van der Waals surface area contributed by atoms with Crippen molar-refractivity contribution in [2.24, 2.45) is 0 Å². The van der Waals surface area contributed by atoms with Crippen molar-refractivity contribution in [1.82, 2.24) is 4.90 Å². The minimum absolute atomic E-state index is 0.0892. The van der Waals surface area contributed by atoms with Crippen LogP contribution in [-0.4, -0.2) is 38.1 Å². The SMILES string of the molecule is COc1cc(C#N)cc(OCCC(=O)N(C)CCC#N)c1. The second kappa shape index (κ2) is 8.44. The van der Waals surface area contributed by atoms with Gasteiger partial charge in [-0.25, -0.2) is 0 Å². The summed E-state index contributed by atoms with van der Waals surface area (Å²) in [5.41, 5.74) is 0.432. The van der Waals surface area contributed by atoms with Gasteiger partial charge in [0.1, 0.15) is 11.5 Å². The molecule has 0 atom stereocenters. The number of nitrogens with zero attached hydrogens (tertiary/aromatic N) is 3. The van der Waals surface area contributed by atoms with E-state index in [1.54, 1.807) is 25.2 Å². The Morgan fingerprint density at radius 3 is 2.62 bits per heavy atom. The molecule has 0 saturated carbocycles. The molecule has 0 saturated heterocycles. The van der Waals surface area contributed by atoms with E-state index in [9.17, 15) is 4.79 Å². The van der Waals surface area contributed by atoms with Crippen LogP contribution in [0.3, 0.4) is 0 Å². The number of methoxy groups -OCH3 is 1. The number of hydrogen-bond donors (Lipinski definition) is 0. The van der Waals surface area contributed by atoms with E-state index < -0.39 is 0 Å². The molecule has 1 amide bonds. The van der Waals surface area contributed by atoms with Gasteiger partial charge in [-0.05, 0) is 12.1 Å². The summed E-state index contributed by atoms with van der Waals surface area (Å²) in [6.07, 6.45) is 0.519. The van der Waals surface area contributed by atoms with Gasteiger partial charge in [0, 0.05) is 19.7 Å². The van der Waals surface area contributed by atoms with Crippen LogP contribution in [0.5, 0.6) is 11.5 Å². The third kappa shape index (κ3) is 5.42. The molecule has 0 radical (unpaired) electrons. The number of rotatable bonds is 7. The lowest BCUT2D eigenvalue weighted by Gasteiger charge is -2.15. The molecule has 6 nitrogen and oxygen atoms in total. The van der Waals surface area contributed by atoms with Crippen molar-refractivity contribution >= 4 is 5.91 Å². The lowest BCUT2D eigenvalue weighted by molar-refractivity contribution is -0.130. The number of hydrogen-bond acceptors (Lipinski definition) is 5. The van der Waals surface area contributed by atoms with E-state index in [0.29, 0.717) is 30.0 Å². The first-order valence-electron chi connectivity index (χ1n) is 6.43. The molecule has 0 spiro atoms. The maximum Gasteiger partial charge on any atom is 0.225 e. The quantitative estimate of drug-likeness (QED) is 0.762. The standard InChI is InChI=1S/C15H17N3O3/c1-18(6-3-5-16)15(19)4-7-21-14-9-12(11-17)8-13(10-14)20-2/h8-10H,3-4,6-7H2,1-2H3. The largest absolute Gasteiger partial charge is 0.497 e. The fraction of sp³-hybridized carbons (Fsp3) is 0.400. The smallest absolute Gasteiger partial charge is 0.225 e. The van der Waals surface area contributed by atoms with Crippen molar-refractivity contribution in [3.8, 4) is 23.6 Å². The summed E-state index contributed by atoms with van der Waals surface area (Å²) in [5, 5.41) is 17.4. The van der Waals surface area contributed by atoms with E-state index in [1.165, 1.54) is 12.0 Å². The summed E-state index contributed by atoms with van der Waals surface area (Å²) in [5.74, 6) is 0.925. The maximum absolute atomic E-state index is 11.7. The van der Waals surface area contributed by atoms with Crippen molar-refractivity contribution < 1.29 is 14.3 Å². The van der Waals surface area contributed by atoms with Crippen LogP contribution in [0.15, 0.2) is 18.2 Å². The molecule has 1 rings (SSSR count). The summed E-state index contributed by atoms with van der Waals surface area (Å²) < 4.78 is 10.5. The number of amides is 1. The molecule has 6 heteroatoms. The number of carbonyl (C=O) groups excluding carboxylic acids is 1. The lowest BCUT2D eigenvalue weighted by Crippen LogP contribution is -2.28. The third-order valence-corrected chi connectivity index (χ3v) is 2.81. The second-order valence-electron chi connectivity index (χ2n) is 4.33. The van der Waals surface area contributed by atoms with Crippen LogP contribution >= 0.6 is 0 Å². The molecule has 0 heterocycles. The van der Waals surface area contributed by atoms with E-state index in [1.807, 2.05) is 12.1 Å².